The van der Waals surface area contributed by atoms with Crippen molar-refractivity contribution in [2.75, 3.05) is 18.8 Å². The number of rotatable bonds is 3. The number of thioether (sulfide) groups is 1. The highest BCUT2D eigenvalue weighted by Crippen LogP contribution is 2.25. The Balaban J connectivity index is 1.88. The van der Waals surface area contributed by atoms with Crippen molar-refractivity contribution in [3.05, 3.63) is 18.0 Å². The van der Waals surface area contributed by atoms with E-state index in [4.69, 9.17) is 4.52 Å². The molecule has 1 aromatic heterocycles. The van der Waals surface area contributed by atoms with Crippen LogP contribution in [0.3, 0.4) is 0 Å². The van der Waals surface area contributed by atoms with Gasteiger partial charge in [-0.25, -0.2) is 0 Å². The molecule has 0 spiro atoms. The predicted molar refractivity (Wildman–Crippen MR) is 62.9 cm³/mol. The molecule has 1 saturated heterocycles. The summed E-state index contributed by atoms with van der Waals surface area (Å²) < 4.78 is 4.85. The summed E-state index contributed by atoms with van der Waals surface area (Å²) in [4.78, 5) is 2.47. The molecule has 2 heterocycles. The summed E-state index contributed by atoms with van der Waals surface area (Å²) in [6.45, 7) is 7.88. The summed E-state index contributed by atoms with van der Waals surface area (Å²) >= 11 is 2.10. The van der Waals surface area contributed by atoms with E-state index in [1.165, 1.54) is 18.8 Å². The van der Waals surface area contributed by atoms with Gasteiger partial charge in [0.1, 0.15) is 6.26 Å². The van der Waals surface area contributed by atoms with Gasteiger partial charge in [-0.05, 0) is 5.92 Å². The summed E-state index contributed by atoms with van der Waals surface area (Å²) in [6, 6.07) is 1.95. The van der Waals surface area contributed by atoms with Crippen molar-refractivity contribution >= 4 is 11.8 Å². The number of nitrogens with zero attached hydrogens (tertiary/aromatic N) is 2. The normalized spacial score (nSPS) is 23.5. The van der Waals surface area contributed by atoms with Crippen molar-refractivity contribution in [1.82, 2.24) is 10.1 Å². The van der Waals surface area contributed by atoms with Crippen LogP contribution in [0.5, 0.6) is 0 Å². The third kappa shape index (κ3) is 2.98. The lowest BCUT2D eigenvalue weighted by atomic mass is 10.1. The van der Waals surface area contributed by atoms with Gasteiger partial charge in [0, 0.05) is 36.7 Å². The van der Waals surface area contributed by atoms with Crippen molar-refractivity contribution in [2.24, 2.45) is 5.92 Å². The smallest absolute Gasteiger partial charge is 0.124 e. The molecule has 2 rings (SSSR count). The Hall–Kier alpha value is -0.480. The highest BCUT2D eigenvalue weighted by molar-refractivity contribution is 8.00. The van der Waals surface area contributed by atoms with Crippen molar-refractivity contribution in [3.8, 4) is 0 Å². The molecule has 0 saturated carbocycles. The minimum absolute atomic E-state index is 0.759. The quantitative estimate of drug-likeness (QED) is 0.790. The van der Waals surface area contributed by atoms with E-state index in [0.717, 1.165) is 23.4 Å². The summed E-state index contributed by atoms with van der Waals surface area (Å²) in [7, 11) is 0. The van der Waals surface area contributed by atoms with E-state index >= 15 is 0 Å². The van der Waals surface area contributed by atoms with Gasteiger partial charge in [0.05, 0.1) is 5.69 Å². The molecule has 15 heavy (non-hydrogen) atoms. The van der Waals surface area contributed by atoms with Crippen LogP contribution >= 0.6 is 11.8 Å². The van der Waals surface area contributed by atoms with Crippen LogP contribution < -0.4 is 0 Å². The van der Waals surface area contributed by atoms with Crippen LogP contribution in [-0.2, 0) is 6.54 Å². The van der Waals surface area contributed by atoms with E-state index in [2.05, 4.69) is 35.7 Å². The second kappa shape index (κ2) is 5.03. The first-order valence-corrected chi connectivity index (χ1v) is 6.54. The standard InChI is InChI=1S/C11H18N2OS/c1-9(2)11-8-13(4-6-15-11)7-10-3-5-14-12-10/h3,5,9,11H,4,6-8H2,1-2H3. The second-order valence-corrected chi connectivity index (χ2v) is 5.73. The number of aromatic nitrogens is 1. The first-order chi connectivity index (χ1) is 7.25. The number of hydrogen-bond acceptors (Lipinski definition) is 4. The van der Waals surface area contributed by atoms with Crippen LogP contribution in [0.4, 0.5) is 0 Å². The van der Waals surface area contributed by atoms with Crippen molar-refractivity contribution < 1.29 is 4.52 Å². The summed E-state index contributed by atoms with van der Waals surface area (Å²) in [5.74, 6) is 2.00. The van der Waals surface area contributed by atoms with Crippen molar-refractivity contribution in [3.63, 3.8) is 0 Å². The molecule has 0 aliphatic carbocycles. The molecule has 1 unspecified atom stereocenters. The van der Waals surface area contributed by atoms with E-state index in [-0.39, 0.29) is 0 Å². The lowest BCUT2D eigenvalue weighted by molar-refractivity contribution is 0.252. The van der Waals surface area contributed by atoms with Gasteiger partial charge < -0.3 is 4.52 Å². The van der Waals surface area contributed by atoms with E-state index < -0.39 is 0 Å². The average molecular weight is 226 g/mol. The minimum Gasteiger partial charge on any atom is -0.364 e. The van der Waals surface area contributed by atoms with Crippen LogP contribution in [-0.4, -0.2) is 34.1 Å². The molecule has 0 N–H and O–H groups in total. The zero-order valence-electron chi connectivity index (χ0n) is 9.35. The van der Waals surface area contributed by atoms with Crippen LogP contribution in [0.1, 0.15) is 19.5 Å². The summed E-state index contributed by atoms with van der Waals surface area (Å²) in [6.07, 6.45) is 1.65. The molecule has 1 aliphatic rings. The third-order valence-electron chi connectivity index (χ3n) is 2.80. The van der Waals surface area contributed by atoms with Gasteiger partial charge in [-0.2, -0.15) is 11.8 Å². The Bertz CT molecular complexity index is 287. The Morgan fingerprint density at radius 2 is 2.53 bits per heavy atom. The molecule has 84 valence electrons. The van der Waals surface area contributed by atoms with Gasteiger partial charge in [-0.1, -0.05) is 19.0 Å². The molecule has 0 amide bonds. The number of hydrogen-bond donors (Lipinski definition) is 0. The molecule has 0 radical (unpaired) electrons. The SMILES string of the molecule is CC(C)C1CN(Cc2ccon2)CCS1. The van der Waals surface area contributed by atoms with E-state index in [1.807, 2.05) is 6.07 Å². The molecule has 1 aromatic rings. The van der Waals surface area contributed by atoms with E-state index in [1.54, 1.807) is 6.26 Å². The van der Waals surface area contributed by atoms with Gasteiger partial charge >= 0.3 is 0 Å². The predicted octanol–water partition coefficient (Wildman–Crippen LogP) is 2.25. The Kier molecular flexibility index (Phi) is 3.70. The Morgan fingerprint density at radius 3 is 3.20 bits per heavy atom. The largest absolute Gasteiger partial charge is 0.364 e. The Labute approximate surface area is 95.2 Å². The molecule has 3 nitrogen and oxygen atoms in total. The van der Waals surface area contributed by atoms with E-state index in [0.29, 0.717) is 0 Å². The molecule has 1 aliphatic heterocycles. The van der Waals surface area contributed by atoms with Crippen molar-refractivity contribution in [1.29, 1.82) is 0 Å². The van der Waals surface area contributed by atoms with Gasteiger partial charge in [0.15, 0.2) is 0 Å². The fourth-order valence-electron chi connectivity index (χ4n) is 1.83. The maximum Gasteiger partial charge on any atom is 0.124 e. The van der Waals surface area contributed by atoms with Crippen LogP contribution in [0.2, 0.25) is 0 Å². The second-order valence-electron chi connectivity index (χ2n) is 4.38. The monoisotopic (exact) mass is 226 g/mol. The van der Waals surface area contributed by atoms with E-state index in [9.17, 15) is 0 Å². The highest BCUT2D eigenvalue weighted by Gasteiger charge is 2.23. The fraction of sp³-hybridized carbons (Fsp3) is 0.727. The van der Waals surface area contributed by atoms with Crippen molar-refractivity contribution in [2.45, 2.75) is 25.6 Å². The van der Waals surface area contributed by atoms with Gasteiger partial charge in [0.2, 0.25) is 0 Å². The lowest BCUT2D eigenvalue weighted by Crippen LogP contribution is -2.39. The van der Waals surface area contributed by atoms with Crippen LogP contribution in [0, 0.1) is 5.92 Å². The lowest BCUT2D eigenvalue weighted by Gasteiger charge is -2.33. The first kappa shape index (κ1) is 11.0. The third-order valence-corrected chi connectivity index (χ3v) is 4.34. The van der Waals surface area contributed by atoms with Gasteiger partial charge in [0.25, 0.3) is 0 Å². The zero-order chi connectivity index (χ0) is 10.7. The zero-order valence-corrected chi connectivity index (χ0v) is 10.2. The molecule has 0 bridgehead atoms. The topological polar surface area (TPSA) is 29.3 Å². The van der Waals surface area contributed by atoms with Crippen LogP contribution in [0.15, 0.2) is 16.9 Å². The molecule has 4 heteroatoms. The molecular weight excluding hydrogens is 208 g/mol. The molecule has 0 aromatic carbocycles. The average Bonchev–Trinajstić information content (AvgIpc) is 2.71. The fourth-order valence-corrected chi connectivity index (χ4v) is 3.19. The maximum absolute atomic E-state index is 4.85. The maximum atomic E-state index is 4.85. The summed E-state index contributed by atoms with van der Waals surface area (Å²) in [5, 5.41) is 4.73. The summed E-state index contributed by atoms with van der Waals surface area (Å²) in [5.41, 5.74) is 1.05. The van der Waals surface area contributed by atoms with Gasteiger partial charge in [-0.3, -0.25) is 4.90 Å². The molecular formula is C11H18N2OS. The van der Waals surface area contributed by atoms with Gasteiger partial charge in [-0.15, -0.1) is 0 Å². The first-order valence-electron chi connectivity index (χ1n) is 5.49. The highest BCUT2D eigenvalue weighted by atomic mass is 32.2. The van der Waals surface area contributed by atoms with Crippen LogP contribution in [0.25, 0.3) is 0 Å². The Morgan fingerprint density at radius 1 is 1.67 bits per heavy atom. The minimum atomic E-state index is 0.759. The molecule has 1 atom stereocenters. The molecule has 1 fully saturated rings.